The van der Waals surface area contributed by atoms with Crippen LogP contribution < -0.4 is 9.64 Å². The fourth-order valence-electron chi connectivity index (χ4n) is 4.69. The lowest BCUT2D eigenvalue weighted by atomic mass is 9.95. The molecule has 8 heteroatoms. The van der Waals surface area contributed by atoms with Crippen molar-refractivity contribution in [2.75, 3.05) is 18.6 Å². The number of hydrogen-bond acceptors (Lipinski definition) is 6. The molecule has 0 saturated carbocycles. The molecule has 1 aliphatic heterocycles. The lowest BCUT2D eigenvalue weighted by molar-refractivity contribution is 0.379. The van der Waals surface area contributed by atoms with Gasteiger partial charge in [0.15, 0.2) is 5.82 Å². The molecule has 2 aromatic heterocycles. The van der Waals surface area contributed by atoms with E-state index < -0.39 is 11.6 Å². The molecule has 3 heterocycles. The average molecular weight is 460 g/mol. The van der Waals surface area contributed by atoms with Gasteiger partial charge in [-0.15, -0.1) is 6.42 Å². The molecule has 0 radical (unpaired) electrons. The van der Waals surface area contributed by atoms with Gasteiger partial charge in [0.2, 0.25) is 0 Å². The van der Waals surface area contributed by atoms with E-state index in [9.17, 15) is 9.50 Å². The Morgan fingerprint density at radius 1 is 1.21 bits per heavy atom. The van der Waals surface area contributed by atoms with Crippen LogP contribution in [0.1, 0.15) is 31.7 Å². The van der Waals surface area contributed by atoms with Crippen LogP contribution in [0.2, 0.25) is 0 Å². The molecule has 1 atom stereocenters. The Bertz CT molecular complexity index is 1480. The van der Waals surface area contributed by atoms with Crippen molar-refractivity contribution in [3.05, 3.63) is 47.7 Å². The Hall–Kier alpha value is -3.99. The summed E-state index contributed by atoms with van der Waals surface area (Å²) in [6.07, 6.45) is 10.2. The van der Waals surface area contributed by atoms with Gasteiger partial charge in [-0.05, 0) is 49.8 Å². The Morgan fingerprint density at radius 2 is 2.03 bits per heavy atom. The number of terminal acetylenes is 1. The molecule has 4 aromatic rings. The maximum Gasteiger partial charge on any atom is 0.318 e. The van der Waals surface area contributed by atoms with Crippen LogP contribution in [0.3, 0.4) is 0 Å². The number of piperidine rings is 1. The second kappa shape index (κ2) is 8.41. The highest BCUT2D eigenvalue weighted by Gasteiger charge is 2.26. The lowest BCUT2D eigenvalue weighted by Crippen LogP contribution is -2.38. The average Bonchev–Trinajstić information content (AvgIpc) is 2.84. The fourth-order valence-corrected chi connectivity index (χ4v) is 4.69. The molecule has 1 aliphatic rings. The zero-order chi connectivity index (χ0) is 24.0. The molecule has 1 fully saturated rings. The van der Waals surface area contributed by atoms with Crippen molar-refractivity contribution in [3.63, 3.8) is 0 Å². The van der Waals surface area contributed by atoms with E-state index in [1.807, 2.05) is 0 Å². The Morgan fingerprint density at radius 3 is 2.76 bits per heavy atom. The molecule has 5 rings (SSSR count). The van der Waals surface area contributed by atoms with Crippen LogP contribution >= 0.6 is 0 Å². The highest BCUT2D eigenvalue weighted by atomic mass is 19.1. The summed E-state index contributed by atoms with van der Waals surface area (Å²) >= 11 is 0. The molecule has 6 nitrogen and oxygen atoms in total. The summed E-state index contributed by atoms with van der Waals surface area (Å²) in [6.45, 7) is 2.88. The third-order valence-electron chi connectivity index (χ3n) is 6.35. The van der Waals surface area contributed by atoms with Gasteiger partial charge in [0.05, 0.1) is 18.1 Å². The van der Waals surface area contributed by atoms with Crippen molar-refractivity contribution in [3.8, 4) is 35.4 Å². The normalized spacial score (nSPS) is 16.1. The number of aromatic nitrogens is 3. The van der Waals surface area contributed by atoms with Gasteiger partial charge < -0.3 is 14.7 Å². The summed E-state index contributed by atoms with van der Waals surface area (Å²) in [6, 6.07) is 5.72. The number of phenols is 1. The standard InChI is InChI=1S/C26H22F2N4O2/c1-4-17-20(27)9-8-15-11-16(33)12-18(21(15)17)23-22(28)24-19(13-29-23)25(31-26(30-24)34-3)32-10-6-5-7-14(32)2/h1,8-9,11-14,33H,5-7,10H2,2-3H3. The van der Waals surface area contributed by atoms with Crippen LogP contribution in [0, 0.1) is 24.0 Å². The van der Waals surface area contributed by atoms with E-state index in [0.29, 0.717) is 16.6 Å². The summed E-state index contributed by atoms with van der Waals surface area (Å²) in [5.41, 5.74) is 0.0675. The molecule has 0 bridgehead atoms. The number of pyridine rings is 1. The quantitative estimate of drug-likeness (QED) is 0.424. The number of benzene rings is 2. The van der Waals surface area contributed by atoms with Crippen molar-refractivity contribution >= 4 is 27.5 Å². The zero-order valence-electron chi connectivity index (χ0n) is 18.8. The number of rotatable bonds is 3. The highest BCUT2D eigenvalue weighted by molar-refractivity contribution is 6.03. The van der Waals surface area contributed by atoms with E-state index in [1.165, 1.54) is 37.6 Å². The predicted molar refractivity (Wildman–Crippen MR) is 127 cm³/mol. The van der Waals surface area contributed by atoms with Gasteiger partial charge in [0, 0.05) is 29.7 Å². The Labute approximate surface area is 195 Å². The number of nitrogens with zero attached hydrogens (tertiary/aromatic N) is 4. The first-order valence-corrected chi connectivity index (χ1v) is 11.0. The van der Waals surface area contributed by atoms with Crippen molar-refractivity contribution in [1.29, 1.82) is 0 Å². The number of phenolic OH excluding ortho intramolecular Hbond substituents is 1. The van der Waals surface area contributed by atoms with Crippen LogP contribution in [0.25, 0.3) is 32.9 Å². The van der Waals surface area contributed by atoms with E-state index in [-0.39, 0.29) is 45.5 Å². The minimum Gasteiger partial charge on any atom is -0.508 e. The van der Waals surface area contributed by atoms with Gasteiger partial charge in [-0.1, -0.05) is 12.0 Å². The Balaban J connectivity index is 1.81. The van der Waals surface area contributed by atoms with Gasteiger partial charge in [0.1, 0.15) is 28.6 Å². The second-order valence-corrected chi connectivity index (χ2v) is 8.41. The van der Waals surface area contributed by atoms with E-state index in [0.717, 1.165) is 25.8 Å². The van der Waals surface area contributed by atoms with Gasteiger partial charge in [-0.3, -0.25) is 4.98 Å². The third kappa shape index (κ3) is 3.45. The molecule has 1 saturated heterocycles. The van der Waals surface area contributed by atoms with Gasteiger partial charge in [-0.25, -0.2) is 8.78 Å². The first-order chi connectivity index (χ1) is 16.4. The molecule has 0 spiro atoms. The molecular weight excluding hydrogens is 438 g/mol. The first kappa shape index (κ1) is 21.8. The van der Waals surface area contributed by atoms with Crippen LogP contribution in [0.5, 0.6) is 11.8 Å². The molecule has 172 valence electrons. The number of aromatic hydroxyl groups is 1. The van der Waals surface area contributed by atoms with Crippen molar-refractivity contribution in [2.45, 2.75) is 32.2 Å². The van der Waals surface area contributed by atoms with Crippen LogP contribution in [-0.2, 0) is 0 Å². The smallest absolute Gasteiger partial charge is 0.318 e. The van der Waals surface area contributed by atoms with Crippen LogP contribution in [-0.4, -0.2) is 39.8 Å². The minimum absolute atomic E-state index is 0.0276. The summed E-state index contributed by atoms with van der Waals surface area (Å²) in [7, 11) is 1.43. The number of ether oxygens (including phenoxy) is 1. The largest absolute Gasteiger partial charge is 0.508 e. The van der Waals surface area contributed by atoms with Crippen molar-refractivity contribution in [2.24, 2.45) is 0 Å². The number of halogens is 2. The number of fused-ring (bicyclic) bond motifs is 2. The number of methoxy groups -OCH3 is 1. The van der Waals surface area contributed by atoms with E-state index in [2.05, 4.69) is 32.7 Å². The van der Waals surface area contributed by atoms with E-state index >= 15 is 4.39 Å². The van der Waals surface area contributed by atoms with E-state index in [4.69, 9.17) is 11.2 Å². The molecule has 0 aliphatic carbocycles. The van der Waals surface area contributed by atoms with Gasteiger partial charge in [-0.2, -0.15) is 9.97 Å². The molecule has 1 N–H and O–H groups in total. The lowest BCUT2D eigenvalue weighted by Gasteiger charge is -2.35. The molecule has 0 amide bonds. The summed E-state index contributed by atoms with van der Waals surface area (Å²) in [4.78, 5) is 15.3. The third-order valence-corrected chi connectivity index (χ3v) is 6.35. The molecule has 2 aromatic carbocycles. The first-order valence-electron chi connectivity index (χ1n) is 11.0. The Kier molecular flexibility index (Phi) is 5.40. The van der Waals surface area contributed by atoms with Crippen molar-refractivity contribution < 1.29 is 18.6 Å². The zero-order valence-corrected chi connectivity index (χ0v) is 18.8. The highest BCUT2D eigenvalue weighted by Crippen LogP contribution is 2.39. The summed E-state index contributed by atoms with van der Waals surface area (Å²) < 4.78 is 35.8. The number of hydrogen-bond donors (Lipinski definition) is 1. The monoisotopic (exact) mass is 460 g/mol. The van der Waals surface area contributed by atoms with Crippen LogP contribution in [0.4, 0.5) is 14.6 Å². The predicted octanol–water partition coefficient (Wildman–Crippen LogP) is 5.20. The maximum atomic E-state index is 16.1. The number of anilines is 1. The van der Waals surface area contributed by atoms with Gasteiger partial charge >= 0.3 is 6.01 Å². The maximum absolute atomic E-state index is 16.1. The fraction of sp³-hybridized carbons (Fsp3) is 0.269. The summed E-state index contributed by atoms with van der Waals surface area (Å²) in [5, 5.41) is 11.5. The summed E-state index contributed by atoms with van der Waals surface area (Å²) in [5.74, 6) is 1.43. The van der Waals surface area contributed by atoms with Gasteiger partial charge in [0.25, 0.3) is 0 Å². The topological polar surface area (TPSA) is 71.4 Å². The molecule has 34 heavy (non-hydrogen) atoms. The molecular formula is C26H22F2N4O2. The van der Waals surface area contributed by atoms with Crippen LogP contribution in [0.15, 0.2) is 30.5 Å². The van der Waals surface area contributed by atoms with E-state index in [1.54, 1.807) is 0 Å². The second-order valence-electron chi connectivity index (χ2n) is 8.41. The minimum atomic E-state index is -0.733. The SMILES string of the molecule is C#Cc1c(F)ccc2cc(O)cc(-c3ncc4c(N5CCCCC5C)nc(OC)nc4c3F)c12. The van der Waals surface area contributed by atoms with Crippen molar-refractivity contribution in [1.82, 2.24) is 15.0 Å². The molecule has 1 unspecified atom stereocenters.